The molecule has 234 valence electrons. The lowest BCUT2D eigenvalue weighted by Gasteiger charge is -2.40. The number of aliphatic hydroxyl groups excluding tert-OH is 1. The largest absolute Gasteiger partial charge is 0.497 e. The summed E-state index contributed by atoms with van der Waals surface area (Å²) in [5.74, 6) is 1.44. The van der Waals surface area contributed by atoms with E-state index in [1.165, 1.54) is 4.90 Å². The molecule has 2 amide bonds. The summed E-state index contributed by atoms with van der Waals surface area (Å²) in [6, 6.07) is 25.0. The fraction of sp³-hybridized carbons (Fsp3) is 0.382. The first-order valence-electron chi connectivity index (χ1n) is 14.8. The molecule has 44 heavy (non-hydrogen) atoms. The Kier molecular flexibility index (Phi) is 9.57. The van der Waals surface area contributed by atoms with Gasteiger partial charge in [-0.25, -0.2) is 4.79 Å². The van der Waals surface area contributed by atoms with Crippen molar-refractivity contribution in [3.05, 3.63) is 107 Å². The molecule has 0 aromatic heterocycles. The van der Waals surface area contributed by atoms with Crippen LogP contribution < -0.4 is 26.3 Å². The monoisotopic (exact) mass is 602 g/mol. The molecule has 0 saturated carbocycles. The predicted octanol–water partition coefficient (Wildman–Crippen LogP) is 3.81. The van der Waals surface area contributed by atoms with Crippen LogP contribution >= 0.6 is 0 Å². The van der Waals surface area contributed by atoms with Crippen molar-refractivity contribution in [1.82, 2.24) is 10.2 Å². The van der Waals surface area contributed by atoms with Gasteiger partial charge in [-0.2, -0.15) is 0 Å². The van der Waals surface area contributed by atoms with Crippen LogP contribution in [0.2, 0.25) is 0 Å². The molecular formula is C34H42N4O6. The molecule has 0 spiro atoms. The summed E-state index contributed by atoms with van der Waals surface area (Å²) >= 11 is 0. The molecule has 6 N–H and O–H groups in total. The number of nitrogens with two attached hydrogens (primary N) is 2. The normalized spacial score (nSPS) is 23.7. The fourth-order valence-electron chi connectivity index (χ4n) is 5.91. The summed E-state index contributed by atoms with van der Waals surface area (Å²) in [5.41, 5.74) is 13.5. The van der Waals surface area contributed by atoms with Gasteiger partial charge in [0, 0.05) is 12.6 Å². The minimum absolute atomic E-state index is 0.0418. The van der Waals surface area contributed by atoms with Crippen LogP contribution in [-0.4, -0.2) is 67.5 Å². The number of hydrogen-bond donors (Lipinski definition) is 4. The smallest absolute Gasteiger partial charge is 0.325 e. The van der Waals surface area contributed by atoms with Crippen LogP contribution in [0, 0.1) is 0 Å². The number of carbonyl (C=O) groups excluding carboxylic acids is 1. The number of carbonyl (C=O) groups is 1. The third-order valence-electron chi connectivity index (χ3n) is 8.53. The van der Waals surface area contributed by atoms with Crippen molar-refractivity contribution in [2.24, 2.45) is 11.5 Å². The van der Waals surface area contributed by atoms with Gasteiger partial charge in [-0.05, 0) is 72.8 Å². The Hall–Kier alpha value is -3.93. The van der Waals surface area contributed by atoms with Gasteiger partial charge in [0.05, 0.1) is 26.9 Å². The molecule has 0 radical (unpaired) electrons. The maximum Gasteiger partial charge on any atom is 0.325 e. The minimum Gasteiger partial charge on any atom is -0.497 e. The third-order valence-corrected chi connectivity index (χ3v) is 8.53. The summed E-state index contributed by atoms with van der Waals surface area (Å²) in [6.45, 7) is 2.38. The second-order valence-electron chi connectivity index (χ2n) is 11.3. The molecular weight excluding hydrogens is 560 g/mol. The highest BCUT2D eigenvalue weighted by Gasteiger charge is 2.45. The lowest BCUT2D eigenvalue weighted by atomic mass is 9.80. The van der Waals surface area contributed by atoms with Crippen molar-refractivity contribution < 1.29 is 28.8 Å². The zero-order valence-electron chi connectivity index (χ0n) is 25.4. The number of rotatable bonds is 12. The molecule has 2 aliphatic heterocycles. The van der Waals surface area contributed by atoms with E-state index in [1.807, 2.05) is 85.8 Å². The van der Waals surface area contributed by atoms with Gasteiger partial charge in [0.1, 0.15) is 35.1 Å². The molecule has 1 fully saturated rings. The van der Waals surface area contributed by atoms with Crippen molar-refractivity contribution in [1.29, 1.82) is 0 Å². The van der Waals surface area contributed by atoms with E-state index in [9.17, 15) is 9.90 Å². The Balaban J connectivity index is 1.45. The highest BCUT2D eigenvalue weighted by atomic mass is 16.6. The number of aliphatic hydroxyl groups is 1. The van der Waals surface area contributed by atoms with Crippen molar-refractivity contribution in [2.45, 2.75) is 55.9 Å². The van der Waals surface area contributed by atoms with Crippen LogP contribution in [0.15, 0.2) is 90.6 Å². The Labute approximate surface area is 258 Å². The first-order chi connectivity index (χ1) is 21.2. The van der Waals surface area contributed by atoms with Gasteiger partial charge in [-0.15, -0.1) is 0 Å². The van der Waals surface area contributed by atoms with Crippen LogP contribution in [0.5, 0.6) is 11.5 Å². The van der Waals surface area contributed by atoms with E-state index >= 15 is 0 Å². The van der Waals surface area contributed by atoms with Crippen LogP contribution in [0.25, 0.3) is 0 Å². The molecule has 0 aliphatic carbocycles. The number of urea groups is 1. The molecule has 2 heterocycles. The van der Waals surface area contributed by atoms with Crippen molar-refractivity contribution in [2.75, 3.05) is 27.4 Å². The molecule has 4 atom stereocenters. The predicted molar refractivity (Wildman–Crippen MR) is 167 cm³/mol. The number of benzene rings is 3. The van der Waals surface area contributed by atoms with E-state index in [4.69, 9.17) is 30.4 Å². The maximum atomic E-state index is 13.1. The van der Waals surface area contributed by atoms with E-state index in [1.54, 1.807) is 20.4 Å². The van der Waals surface area contributed by atoms with Gasteiger partial charge < -0.3 is 40.8 Å². The maximum absolute atomic E-state index is 13.1. The minimum atomic E-state index is -1.07. The summed E-state index contributed by atoms with van der Waals surface area (Å²) < 4.78 is 24.1. The van der Waals surface area contributed by atoms with E-state index in [2.05, 4.69) is 5.32 Å². The second-order valence-corrected chi connectivity index (χ2v) is 11.3. The molecule has 10 heteroatoms. The summed E-state index contributed by atoms with van der Waals surface area (Å²) in [7, 11) is 3.25. The first kappa shape index (κ1) is 31.5. The van der Waals surface area contributed by atoms with Crippen molar-refractivity contribution in [3.63, 3.8) is 0 Å². The van der Waals surface area contributed by atoms with Gasteiger partial charge in [0.25, 0.3) is 0 Å². The Morgan fingerprint density at radius 1 is 0.977 bits per heavy atom. The van der Waals surface area contributed by atoms with Crippen LogP contribution in [0.4, 0.5) is 4.79 Å². The molecule has 5 rings (SSSR count). The van der Waals surface area contributed by atoms with E-state index in [0.29, 0.717) is 19.4 Å². The number of hydrogen-bond acceptors (Lipinski definition) is 8. The Morgan fingerprint density at radius 2 is 1.55 bits per heavy atom. The first-order valence-corrected chi connectivity index (χ1v) is 14.8. The van der Waals surface area contributed by atoms with Gasteiger partial charge in [0.15, 0.2) is 0 Å². The van der Waals surface area contributed by atoms with E-state index in [0.717, 1.165) is 33.8 Å². The molecule has 10 nitrogen and oxygen atoms in total. The van der Waals surface area contributed by atoms with Gasteiger partial charge in [0.2, 0.25) is 0 Å². The number of amides is 2. The topological polar surface area (TPSA) is 142 Å². The third kappa shape index (κ3) is 6.17. The number of methoxy groups -OCH3 is 2. The van der Waals surface area contributed by atoms with E-state index in [-0.39, 0.29) is 19.1 Å². The van der Waals surface area contributed by atoms with Gasteiger partial charge in [-0.1, -0.05) is 54.6 Å². The highest BCUT2D eigenvalue weighted by molar-refractivity contribution is 5.78. The molecule has 1 saturated heterocycles. The van der Waals surface area contributed by atoms with Gasteiger partial charge in [-0.3, -0.25) is 4.90 Å². The van der Waals surface area contributed by atoms with Crippen molar-refractivity contribution >= 4 is 6.03 Å². The summed E-state index contributed by atoms with van der Waals surface area (Å²) in [6.07, 6.45) is 0.848. The SMILES string of the molecule is COc1ccc(C(OC[C@H]2O[C@@H](N3C=C(C)C(N)(CCCN)NC3=O)C[C@@H]2O)(c2ccccc2)c2ccc(OC)cc2)cc1. The Bertz CT molecular complexity index is 1380. The van der Waals surface area contributed by atoms with Crippen LogP contribution in [0.3, 0.4) is 0 Å². The molecule has 1 unspecified atom stereocenters. The fourth-order valence-corrected chi connectivity index (χ4v) is 5.91. The molecule has 2 aliphatic rings. The standard InChI is InChI=1S/C34H42N4O6/c1-23-21-38(32(40)37-33(23,36)18-7-19-35)31-20-29(39)30(44-31)22-43-34(24-8-5-4-6-9-24,25-10-14-27(41-2)15-11-25)26-12-16-28(42-3)17-13-26/h4-6,8-17,21,29-31,39H,7,18-20,22,35-36H2,1-3H3,(H,37,40)/t29-,30+,31+,33?/m0/s1. The quantitative estimate of drug-likeness (QED) is 0.230. The number of nitrogens with zero attached hydrogens (tertiary/aromatic N) is 1. The lowest BCUT2D eigenvalue weighted by Crippen LogP contribution is -2.63. The molecule has 3 aromatic rings. The zero-order chi connectivity index (χ0) is 31.3. The Morgan fingerprint density at radius 3 is 2.09 bits per heavy atom. The van der Waals surface area contributed by atoms with Crippen LogP contribution in [0.1, 0.15) is 42.9 Å². The van der Waals surface area contributed by atoms with Crippen molar-refractivity contribution in [3.8, 4) is 11.5 Å². The number of nitrogens with one attached hydrogen (secondary N) is 1. The summed E-state index contributed by atoms with van der Waals surface area (Å²) in [5, 5.41) is 14.1. The number of ether oxygens (including phenoxy) is 4. The highest BCUT2D eigenvalue weighted by Crippen LogP contribution is 2.42. The second kappa shape index (κ2) is 13.4. The van der Waals surface area contributed by atoms with E-state index < -0.39 is 29.7 Å². The summed E-state index contributed by atoms with van der Waals surface area (Å²) in [4.78, 5) is 14.6. The lowest BCUT2D eigenvalue weighted by molar-refractivity contribution is -0.0981. The van der Waals surface area contributed by atoms with Crippen LogP contribution in [-0.2, 0) is 15.1 Å². The van der Waals surface area contributed by atoms with Gasteiger partial charge >= 0.3 is 6.03 Å². The molecule has 3 aromatic carbocycles. The molecule has 0 bridgehead atoms. The average Bonchev–Trinajstić information content (AvgIpc) is 3.42. The zero-order valence-corrected chi connectivity index (χ0v) is 25.4. The average molecular weight is 603 g/mol.